The second kappa shape index (κ2) is 14.3. The maximum absolute atomic E-state index is 14.2. The highest BCUT2D eigenvalue weighted by Gasteiger charge is 2.73. The van der Waals surface area contributed by atoms with Crippen LogP contribution in [0.4, 0.5) is 0 Å². The first kappa shape index (κ1) is 38.5. The molecule has 0 amide bonds. The van der Waals surface area contributed by atoms with Crippen LogP contribution in [-0.4, -0.2) is 52.1 Å². The summed E-state index contributed by atoms with van der Waals surface area (Å²) >= 11 is 3.91. The quantitative estimate of drug-likeness (QED) is 0.0669. The number of ketones is 1. The number of halogens is 1. The fraction of sp³-hybridized carbons (Fsp3) is 0.659. The van der Waals surface area contributed by atoms with E-state index in [2.05, 4.69) is 49.7 Å². The number of carbonyl (C=O) groups excluding carboxylic acids is 4. The predicted octanol–water partition coefficient (Wildman–Crippen LogP) is 8.30. The van der Waals surface area contributed by atoms with E-state index in [4.69, 9.17) is 14.2 Å². The number of hydrogen-bond donors (Lipinski definition) is 1. The van der Waals surface area contributed by atoms with E-state index in [1.807, 2.05) is 19.9 Å². The minimum Gasteiger partial charge on any atom is -0.462 e. The third-order valence-electron chi connectivity index (χ3n) is 13.3. The molecule has 5 rings (SSSR count). The van der Waals surface area contributed by atoms with Crippen molar-refractivity contribution in [1.29, 1.82) is 0 Å². The number of aliphatic hydroxyl groups excluding tert-OH is 1. The molecule has 9 heteroatoms. The number of benzene rings is 1. The zero-order valence-corrected chi connectivity index (χ0v) is 32.6. The van der Waals surface area contributed by atoms with Crippen molar-refractivity contribution in [3.63, 3.8) is 0 Å². The monoisotopic (exact) mass is 754 g/mol. The summed E-state index contributed by atoms with van der Waals surface area (Å²) in [7, 11) is 0. The number of carbonyl (C=O) groups is 4. The van der Waals surface area contributed by atoms with Gasteiger partial charge in [0.2, 0.25) is 0 Å². The van der Waals surface area contributed by atoms with Gasteiger partial charge in [0.25, 0.3) is 0 Å². The van der Waals surface area contributed by atoms with Crippen molar-refractivity contribution in [2.24, 2.45) is 39.9 Å². The maximum atomic E-state index is 14.2. The van der Waals surface area contributed by atoms with Crippen LogP contribution in [-0.2, 0) is 28.6 Å². The first-order valence-electron chi connectivity index (χ1n) is 18.2. The lowest BCUT2D eigenvalue weighted by atomic mass is 9.36. The van der Waals surface area contributed by atoms with E-state index in [0.717, 1.165) is 31.3 Å². The summed E-state index contributed by atoms with van der Waals surface area (Å²) in [4.78, 5) is 52.0. The fourth-order valence-electron chi connectivity index (χ4n) is 11.1. The minimum absolute atomic E-state index is 0.0614. The number of alkyl halides is 1. The molecule has 0 bridgehead atoms. The van der Waals surface area contributed by atoms with Crippen molar-refractivity contribution in [3.8, 4) is 0 Å². The molecule has 4 aliphatic carbocycles. The van der Waals surface area contributed by atoms with Crippen molar-refractivity contribution < 1.29 is 38.5 Å². The second-order valence-electron chi connectivity index (χ2n) is 16.4. The van der Waals surface area contributed by atoms with Crippen LogP contribution < -0.4 is 0 Å². The average Bonchev–Trinajstić information content (AvgIpc) is 3.25. The number of ether oxygens (including phenoxy) is 3. The van der Waals surface area contributed by atoms with Crippen molar-refractivity contribution in [2.45, 2.75) is 123 Å². The van der Waals surface area contributed by atoms with Gasteiger partial charge in [-0.25, -0.2) is 4.79 Å². The van der Waals surface area contributed by atoms with Crippen LogP contribution >= 0.6 is 15.9 Å². The van der Waals surface area contributed by atoms with E-state index in [1.165, 1.54) is 13.8 Å². The van der Waals surface area contributed by atoms with Crippen LogP contribution in [0, 0.1) is 39.9 Å². The average molecular weight is 756 g/mol. The summed E-state index contributed by atoms with van der Waals surface area (Å²) in [6.07, 6.45) is 6.26. The van der Waals surface area contributed by atoms with Crippen molar-refractivity contribution >= 4 is 39.6 Å². The standard InChI is InChI=1S/C41H55BrO8/c1-24(2)13-12-16-29(37(47)48-22-33(46)28-14-10-9-11-15-28)35-31-21-32(45)36-38(6)19-18-34(49-26(4)43)25(3)30(38)17-20-39(36,7)40(31,8)23-41(35,42)50-27(5)44/h9-11,13-15,25,30-32,34,36,45H,12,16-23H2,1-8H3/t25-,30?,31+,32+,34+,36+,38-,39-,40-,41-/m0/s1. The van der Waals surface area contributed by atoms with Crippen LogP contribution in [0.3, 0.4) is 0 Å². The van der Waals surface area contributed by atoms with Crippen molar-refractivity contribution in [3.05, 3.63) is 58.7 Å². The molecule has 0 spiro atoms. The lowest BCUT2D eigenvalue weighted by molar-refractivity contribution is -0.236. The first-order valence-corrected chi connectivity index (χ1v) is 19.0. The molecule has 274 valence electrons. The van der Waals surface area contributed by atoms with Gasteiger partial charge in [0, 0.05) is 31.4 Å². The maximum Gasteiger partial charge on any atom is 0.334 e. The number of hydrogen-bond acceptors (Lipinski definition) is 8. The van der Waals surface area contributed by atoms with Crippen LogP contribution in [0.5, 0.6) is 0 Å². The molecule has 8 nitrogen and oxygen atoms in total. The predicted molar refractivity (Wildman–Crippen MR) is 194 cm³/mol. The zero-order chi connectivity index (χ0) is 36.8. The van der Waals surface area contributed by atoms with Gasteiger partial charge in [-0.3, -0.25) is 14.4 Å². The third-order valence-corrected chi connectivity index (χ3v) is 14.1. The van der Waals surface area contributed by atoms with E-state index in [1.54, 1.807) is 24.3 Å². The molecule has 4 aliphatic rings. The SMILES string of the molecule is CC(=O)O[C@@H]1CC[C@@]2(C)C(CC[C@@]3(C)[C@@H]2[C@H](O)C[C@@H]2C(=C(CCC=C(C)C)C(=O)OCC(=O)c4ccccc4)[C@@](Br)(OC(C)=O)C[C@@]23C)[C@@H]1C. The largest absolute Gasteiger partial charge is 0.462 e. The van der Waals surface area contributed by atoms with Crippen molar-refractivity contribution in [2.75, 3.05) is 6.61 Å². The van der Waals surface area contributed by atoms with Gasteiger partial charge >= 0.3 is 17.9 Å². The van der Waals surface area contributed by atoms with E-state index in [0.29, 0.717) is 42.4 Å². The van der Waals surface area contributed by atoms with Gasteiger partial charge < -0.3 is 19.3 Å². The summed E-state index contributed by atoms with van der Waals surface area (Å²) in [5.41, 5.74) is 1.53. The highest BCUT2D eigenvalue weighted by molar-refractivity contribution is 9.10. The molecule has 1 aromatic rings. The summed E-state index contributed by atoms with van der Waals surface area (Å²) in [6.45, 7) is 15.5. The molecule has 1 aromatic carbocycles. The van der Waals surface area contributed by atoms with Gasteiger partial charge in [0.15, 0.2) is 16.9 Å². The summed E-state index contributed by atoms with van der Waals surface area (Å²) in [6, 6.07) is 8.73. The highest BCUT2D eigenvalue weighted by Crippen LogP contribution is 2.76. The fourth-order valence-corrected chi connectivity index (χ4v) is 12.4. The molecular weight excluding hydrogens is 700 g/mol. The summed E-state index contributed by atoms with van der Waals surface area (Å²) in [5.74, 6) is -1.59. The first-order chi connectivity index (χ1) is 23.4. The molecule has 0 aliphatic heterocycles. The number of aliphatic hydroxyl groups is 1. The summed E-state index contributed by atoms with van der Waals surface area (Å²) < 4.78 is 16.4. The zero-order valence-electron chi connectivity index (χ0n) is 31.0. The molecule has 0 saturated heterocycles. The molecular formula is C41H55BrO8. The molecule has 50 heavy (non-hydrogen) atoms. The topological polar surface area (TPSA) is 116 Å². The number of rotatable bonds is 9. The normalized spacial score (nSPS) is 38.4. The Morgan fingerprint density at radius 3 is 2.26 bits per heavy atom. The minimum atomic E-state index is -1.29. The van der Waals surface area contributed by atoms with Crippen LogP contribution in [0.15, 0.2) is 53.1 Å². The Kier molecular flexibility index (Phi) is 11.0. The van der Waals surface area contributed by atoms with E-state index < -0.39 is 34.6 Å². The van der Waals surface area contributed by atoms with Crippen LogP contribution in [0.1, 0.15) is 117 Å². The Bertz CT molecular complexity index is 1560. The Hall–Kier alpha value is -2.78. The molecule has 0 radical (unpaired) electrons. The molecule has 1 unspecified atom stereocenters. The molecule has 4 saturated carbocycles. The number of esters is 3. The van der Waals surface area contributed by atoms with E-state index in [-0.39, 0.29) is 52.4 Å². The Morgan fingerprint density at radius 2 is 1.64 bits per heavy atom. The van der Waals surface area contributed by atoms with E-state index in [9.17, 15) is 24.3 Å². The molecule has 0 aromatic heterocycles. The van der Waals surface area contributed by atoms with Gasteiger partial charge in [-0.1, -0.05) is 69.7 Å². The van der Waals surface area contributed by atoms with Crippen molar-refractivity contribution in [1.82, 2.24) is 0 Å². The van der Waals surface area contributed by atoms with E-state index >= 15 is 0 Å². The lowest BCUT2D eigenvalue weighted by Gasteiger charge is -2.69. The van der Waals surface area contributed by atoms with Gasteiger partial charge in [-0.15, -0.1) is 0 Å². The van der Waals surface area contributed by atoms with Crippen LogP contribution in [0.2, 0.25) is 0 Å². The number of Topliss-reactive ketones (excluding diaryl/α,β-unsaturated/α-hetero) is 1. The van der Waals surface area contributed by atoms with Gasteiger partial charge in [0.05, 0.1) is 6.10 Å². The highest BCUT2D eigenvalue weighted by atomic mass is 79.9. The summed E-state index contributed by atoms with van der Waals surface area (Å²) in [5, 5.41) is 12.4. The second-order valence-corrected chi connectivity index (χ2v) is 17.7. The van der Waals surface area contributed by atoms with Gasteiger partial charge in [-0.05, 0) is 120 Å². The smallest absolute Gasteiger partial charge is 0.334 e. The Labute approximate surface area is 305 Å². The van der Waals surface area contributed by atoms with Gasteiger partial charge in [0.1, 0.15) is 6.10 Å². The third kappa shape index (κ3) is 6.78. The Balaban J connectivity index is 1.58. The number of allylic oxidation sites excluding steroid dienone is 2. The Morgan fingerprint density at radius 1 is 0.960 bits per heavy atom. The molecule has 1 N–H and O–H groups in total. The van der Waals surface area contributed by atoms with Gasteiger partial charge in [-0.2, -0.15) is 0 Å². The molecule has 0 heterocycles. The molecule has 10 atom stereocenters. The number of fused-ring (bicyclic) bond motifs is 5. The lowest BCUT2D eigenvalue weighted by Crippen LogP contribution is -2.65. The van der Waals surface area contributed by atoms with Crippen LogP contribution in [0.25, 0.3) is 0 Å². The molecule has 4 fully saturated rings.